The summed E-state index contributed by atoms with van der Waals surface area (Å²) in [6.07, 6.45) is 0.841. The molecule has 1 N–H and O–H groups in total. The average Bonchev–Trinajstić information content (AvgIpc) is 2.14. The maximum atomic E-state index is 9.06. The summed E-state index contributed by atoms with van der Waals surface area (Å²) < 4.78 is 0. The predicted octanol–water partition coefficient (Wildman–Crippen LogP) is 3.20. The molecule has 0 aliphatic rings. The number of aliphatic hydroxyl groups excluding tert-OH is 1. The van der Waals surface area contributed by atoms with E-state index in [4.69, 9.17) is 5.11 Å². The molecular weight excluding hydrogens is 172 g/mol. The molecule has 1 heteroatoms. The van der Waals surface area contributed by atoms with Gasteiger partial charge in [-0.05, 0) is 23.3 Å². The minimum atomic E-state index is 0.212. The van der Waals surface area contributed by atoms with Crippen LogP contribution in [0.5, 0.6) is 0 Å². The van der Waals surface area contributed by atoms with Crippen molar-refractivity contribution in [3.63, 3.8) is 0 Å². The minimum Gasteiger partial charge on any atom is -0.396 e. The summed E-state index contributed by atoms with van der Waals surface area (Å²) in [4.78, 5) is 0. The fourth-order valence-electron chi connectivity index (χ4n) is 1.91. The van der Waals surface area contributed by atoms with E-state index in [1.165, 1.54) is 5.56 Å². The molecule has 1 nitrogen and oxygen atoms in total. The van der Waals surface area contributed by atoms with Crippen LogP contribution < -0.4 is 0 Å². The van der Waals surface area contributed by atoms with Gasteiger partial charge in [0.2, 0.25) is 0 Å². The lowest BCUT2D eigenvalue weighted by Gasteiger charge is -2.30. The standard InChI is InChI=1S/C13H20O/c1-13(2,3)12(9-10-14)11-7-5-4-6-8-11/h4-8,12,14H,9-10H2,1-3H3. The van der Waals surface area contributed by atoms with E-state index in [-0.39, 0.29) is 12.0 Å². The highest BCUT2D eigenvalue weighted by Crippen LogP contribution is 2.37. The Morgan fingerprint density at radius 2 is 1.71 bits per heavy atom. The van der Waals surface area contributed by atoms with Crippen molar-refractivity contribution >= 4 is 0 Å². The van der Waals surface area contributed by atoms with E-state index in [1.807, 2.05) is 6.07 Å². The van der Waals surface area contributed by atoms with Crippen molar-refractivity contribution < 1.29 is 5.11 Å². The first-order valence-corrected chi connectivity index (χ1v) is 5.21. The lowest BCUT2D eigenvalue weighted by atomic mass is 9.75. The van der Waals surface area contributed by atoms with E-state index in [0.29, 0.717) is 5.92 Å². The number of aliphatic hydroxyl groups is 1. The van der Waals surface area contributed by atoms with Crippen LogP contribution >= 0.6 is 0 Å². The van der Waals surface area contributed by atoms with Gasteiger partial charge in [0.15, 0.2) is 0 Å². The van der Waals surface area contributed by atoms with Gasteiger partial charge >= 0.3 is 0 Å². The van der Waals surface area contributed by atoms with Crippen molar-refractivity contribution in [3.8, 4) is 0 Å². The second-order valence-electron chi connectivity index (χ2n) is 4.84. The molecule has 0 saturated carbocycles. The Morgan fingerprint density at radius 3 is 2.14 bits per heavy atom. The molecule has 0 spiro atoms. The number of benzene rings is 1. The summed E-state index contributed by atoms with van der Waals surface area (Å²) in [6.45, 7) is 6.93. The van der Waals surface area contributed by atoms with Crippen molar-refractivity contribution in [2.45, 2.75) is 33.1 Å². The maximum Gasteiger partial charge on any atom is 0.0437 e. The summed E-state index contributed by atoms with van der Waals surface area (Å²) >= 11 is 0. The van der Waals surface area contributed by atoms with E-state index < -0.39 is 0 Å². The van der Waals surface area contributed by atoms with Crippen LogP contribution in [0.25, 0.3) is 0 Å². The maximum absolute atomic E-state index is 9.06. The molecular formula is C13H20O. The van der Waals surface area contributed by atoms with Crippen molar-refractivity contribution in [3.05, 3.63) is 35.9 Å². The molecule has 1 atom stereocenters. The van der Waals surface area contributed by atoms with Crippen LogP contribution in [0.2, 0.25) is 0 Å². The van der Waals surface area contributed by atoms with Gasteiger partial charge in [-0.25, -0.2) is 0 Å². The Labute approximate surface area is 86.8 Å². The van der Waals surface area contributed by atoms with Gasteiger partial charge in [0, 0.05) is 6.61 Å². The van der Waals surface area contributed by atoms with Crippen LogP contribution in [0.15, 0.2) is 30.3 Å². The fraction of sp³-hybridized carbons (Fsp3) is 0.538. The van der Waals surface area contributed by atoms with E-state index in [0.717, 1.165) is 6.42 Å². The van der Waals surface area contributed by atoms with Crippen LogP contribution in [-0.4, -0.2) is 11.7 Å². The zero-order valence-corrected chi connectivity index (χ0v) is 9.33. The van der Waals surface area contributed by atoms with Crippen LogP contribution in [0.3, 0.4) is 0 Å². The molecule has 0 amide bonds. The molecule has 0 aliphatic heterocycles. The summed E-state index contributed by atoms with van der Waals surface area (Å²) in [6, 6.07) is 10.4. The van der Waals surface area contributed by atoms with Crippen LogP contribution in [0.1, 0.15) is 38.7 Å². The second kappa shape index (κ2) is 4.61. The van der Waals surface area contributed by atoms with Gasteiger partial charge in [0.25, 0.3) is 0 Å². The van der Waals surface area contributed by atoms with Crippen LogP contribution in [-0.2, 0) is 0 Å². The molecule has 0 fully saturated rings. The number of rotatable bonds is 3. The van der Waals surface area contributed by atoms with Gasteiger partial charge in [-0.15, -0.1) is 0 Å². The van der Waals surface area contributed by atoms with Crippen LogP contribution in [0.4, 0.5) is 0 Å². The third-order valence-electron chi connectivity index (χ3n) is 2.67. The molecule has 1 rings (SSSR count). The number of hydrogen-bond acceptors (Lipinski definition) is 1. The average molecular weight is 192 g/mol. The summed E-state index contributed by atoms with van der Waals surface area (Å²) in [5.41, 5.74) is 1.54. The van der Waals surface area contributed by atoms with E-state index >= 15 is 0 Å². The van der Waals surface area contributed by atoms with Gasteiger partial charge < -0.3 is 5.11 Å². The summed E-state index contributed by atoms with van der Waals surface area (Å²) in [5, 5.41) is 9.06. The lowest BCUT2D eigenvalue weighted by Crippen LogP contribution is -2.19. The lowest BCUT2D eigenvalue weighted by molar-refractivity contribution is 0.223. The highest BCUT2D eigenvalue weighted by molar-refractivity contribution is 5.21. The van der Waals surface area contributed by atoms with Gasteiger partial charge in [0.05, 0.1) is 0 Å². The van der Waals surface area contributed by atoms with Gasteiger partial charge in [-0.3, -0.25) is 0 Å². The highest BCUT2D eigenvalue weighted by atomic mass is 16.3. The van der Waals surface area contributed by atoms with Gasteiger partial charge in [-0.2, -0.15) is 0 Å². The SMILES string of the molecule is CC(C)(C)C(CCO)c1ccccc1. The molecule has 1 aromatic carbocycles. The van der Waals surface area contributed by atoms with E-state index in [1.54, 1.807) is 0 Å². The molecule has 78 valence electrons. The smallest absolute Gasteiger partial charge is 0.0437 e. The minimum absolute atomic E-state index is 0.212. The first kappa shape index (κ1) is 11.3. The second-order valence-corrected chi connectivity index (χ2v) is 4.84. The molecule has 0 heterocycles. The van der Waals surface area contributed by atoms with Crippen molar-refractivity contribution in [1.82, 2.24) is 0 Å². The molecule has 1 aromatic rings. The van der Waals surface area contributed by atoms with Crippen molar-refractivity contribution in [1.29, 1.82) is 0 Å². The Bertz CT molecular complexity index is 258. The molecule has 0 aliphatic carbocycles. The van der Waals surface area contributed by atoms with E-state index in [9.17, 15) is 0 Å². The fourth-order valence-corrected chi connectivity index (χ4v) is 1.91. The van der Waals surface area contributed by atoms with Crippen LogP contribution in [0, 0.1) is 5.41 Å². The first-order valence-electron chi connectivity index (χ1n) is 5.21. The topological polar surface area (TPSA) is 20.2 Å². The zero-order valence-electron chi connectivity index (χ0n) is 9.33. The van der Waals surface area contributed by atoms with E-state index in [2.05, 4.69) is 45.0 Å². The molecule has 0 aromatic heterocycles. The highest BCUT2D eigenvalue weighted by Gasteiger charge is 2.25. The summed E-state index contributed by atoms with van der Waals surface area (Å²) in [5.74, 6) is 0.439. The molecule has 1 unspecified atom stereocenters. The molecule has 0 radical (unpaired) electrons. The van der Waals surface area contributed by atoms with Crippen molar-refractivity contribution in [2.24, 2.45) is 5.41 Å². The zero-order chi connectivity index (χ0) is 10.6. The molecule has 0 saturated heterocycles. The molecule has 0 bridgehead atoms. The Kier molecular flexibility index (Phi) is 3.70. The van der Waals surface area contributed by atoms with Crippen molar-refractivity contribution in [2.75, 3.05) is 6.61 Å². The largest absolute Gasteiger partial charge is 0.396 e. The quantitative estimate of drug-likeness (QED) is 0.779. The third kappa shape index (κ3) is 2.85. The Hall–Kier alpha value is -0.820. The predicted molar refractivity (Wildman–Crippen MR) is 60.3 cm³/mol. The van der Waals surface area contributed by atoms with Gasteiger partial charge in [0.1, 0.15) is 0 Å². The Morgan fingerprint density at radius 1 is 1.14 bits per heavy atom. The Balaban J connectivity index is 2.89. The monoisotopic (exact) mass is 192 g/mol. The molecule has 14 heavy (non-hydrogen) atoms. The summed E-state index contributed by atoms with van der Waals surface area (Å²) in [7, 11) is 0. The number of hydrogen-bond donors (Lipinski definition) is 1. The normalized spacial score (nSPS) is 14.0. The van der Waals surface area contributed by atoms with Gasteiger partial charge in [-0.1, -0.05) is 51.1 Å². The third-order valence-corrected chi connectivity index (χ3v) is 2.67. The first-order chi connectivity index (χ1) is 6.55.